The lowest BCUT2D eigenvalue weighted by molar-refractivity contribution is -0.110. The maximum Gasteiger partial charge on any atom is 0.257 e. The Hall–Kier alpha value is -3.06. The van der Waals surface area contributed by atoms with Crippen molar-refractivity contribution in [2.75, 3.05) is 32.1 Å². The van der Waals surface area contributed by atoms with Crippen molar-refractivity contribution in [2.45, 2.75) is 58.0 Å². The summed E-state index contributed by atoms with van der Waals surface area (Å²) in [5.74, 6) is 0.759. The average molecular weight is 461 g/mol. The monoisotopic (exact) mass is 460 g/mol. The fraction of sp³-hybridized carbons (Fsp3) is 0.481. The highest BCUT2D eigenvalue weighted by Crippen LogP contribution is 2.46. The molecular formula is C27H32N4O3. The van der Waals surface area contributed by atoms with E-state index in [1.54, 1.807) is 7.11 Å². The van der Waals surface area contributed by atoms with Gasteiger partial charge in [0, 0.05) is 42.7 Å². The highest BCUT2D eigenvalue weighted by molar-refractivity contribution is 6.37. The van der Waals surface area contributed by atoms with Gasteiger partial charge in [0.2, 0.25) is 0 Å². The highest BCUT2D eigenvalue weighted by Gasteiger charge is 2.46. The van der Waals surface area contributed by atoms with Gasteiger partial charge in [-0.3, -0.25) is 14.5 Å². The van der Waals surface area contributed by atoms with Crippen LogP contribution in [0.3, 0.4) is 0 Å². The summed E-state index contributed by atoms with van der Waals surface area (Å²) in [6, 6.07) is 5.69. The molecule has 2 saturated heterocycles. The summed E-state index contributed by atoms with van der Waals surface area (Å²) in [4.78, 5) is 35.1. The van der Waals surface area contributed by atoms with Crippen LogP contribution in [0.5, 0.6) is 5.75 Å². The lowest BCUT2D eigenvalue weighted by Crippen LogP contribution is -2.56. The molecule has 1 aromatic carbocycles. The third-order valence-electron chi connectivity index (χ3n) is 8.35. The zero-order valence-electron chi connectivity index (χ0n) is 20.2. The standard InChI is InChI=1S/C27H32N4O3/c1-16-22(26(33)31-14-6-11-27(31,2)30-12-4-5-13-30)19-9-10-20(24(19)28-16)23-18-8-7-17(34-3)15-21(18)29-25(23)32/h7-8,15,28H,4-6,9-14H2,1-3H3,(H,29,32)/b23-20-/t27-/m0/s1. The first kappa shape index (κ1) is 21.5. The molecule has 0 saturated carbocycles. The van der Waals surface area contributed by atoms with E-state index in [0.717, 1.165) is 84.7 Å². The van der Waals surface area contributed by atoms with Crippen LogP contribution in [0.15, 0.2) is 18.2 Å². The highest BCUT2D eigenvalue weighted by atomic mass is 16.5. The first-order valence-electron chi connectivity index (χ1n) is 12.4. The van der Waals surface area contributed by atoms with Gasteiger partial charge in [0.15, 0.2) is 0 Å². The van der Waals surface area contributed by atoms with Crippen LogP contribution in [0.1, 0.15) is 71.9 Å². The van der Waals surface area contributed by atoms with Gasteiger partial charge < -0.3 is 19.9 Å². The van der Waals surface area contributed by atoms with Crippen molar-refractivity contribution in [2.24, 2.45) is 0 Å². The van der Waals surface area contributed by atoms with Gasteiger partial charge in [-0.15, -0.1) is 0 Å². The molecule has 0 bridgehead atoms. The molecule has 6 rings (SSSR count). The van der Waals surface area contributed by atoms with Crippen molar-refractivity contribution in [3.63, 3.8) is 0 Å². The molecule has 7 nitrogen and oxygen atoms in total. The number of carbonyl (C=O) groups excluding carboxylic acids is 2. The number of H-pyrrole nitrogens is 1. The van der Waals surface area contributed by atoms with Crippen molar-refractivity contribution < 1.29 is 14.3 Å². The van der Waals surface area contributed by atoms with E-state index in [-0.39, 0.29) is 17.5 Å². The third-order valence-corrected chi connectivity index (χ3v) is 8.35. The number of hydrogen-bond donors (Lipinski definition) is 2. The molecule has 2 aromatic rings. The lowest BCUT2D eigenvalue weighted by atomic mass is 9.99. The second kappa shape index (κ2) is 7.73. The average Bonchev–Trinajstić information content (AvgIpc) is 3.62. The zero-order chi connectivity index (χ0) is 23.6. The van der Waals surface area contributed by atoms with Gasteiger partial charge in [0.05, 0.1) is 29.6 Å². The van der Waals surface area contributed by atoms with Crippen molar-refractivity contribution >= 4 is 28.6 Å². The fourth-order valence-corrected chi connectivity index (χ4v) is 6.61. The van der Waals surface area contributed by atoms with Crippen LogP contribution in [0.25, 0.3) is 11.1 Å². The van der Waals surface area contributed by atoms with Gasteiger partial charge in [-0.2, -0.15) is 0 Å². The molecule has 0 radical (unpaired) electrons. The Morgan fingerprint density at radius 1 is 1.12 bits per heavy atom. The van der Waals surface area contributed by atoms with Gasteiger partial charge >= 0.3 is 0 Å². The molecule has 1 aliphatic carbocycles. The molecule has 0 unspecified atom stereocenters. The van der Waals surface area contributed by atoms with Crippen molar-refractivity contribution in [3.05, 3.63) is 46.3 Å². The number of amides is 2. The number of likely N-dealkylation sites (tertiary alicyclic amines) is 2. The second-order valence-corrected chi connectivity index (χ2v) is 10.2. The third kappa shape index (κ3) is 2.99. The maximum absolute atomic E-state index is 14.0. The number of aromatic nitrogens is 1. The van der Waals surface area contributed by atoms with E-state index in [4.69, 9.17) is 4.74 Å². The van der Waals surface area contributed by atoms with Crippen LogP contribution >= 0.6 is 0 Å². The molecule has 2 amide bonds. The molecule has 4 aliphatic rings. The number of aromatic amines is 1. The molecule has 1 atom stereocenters. The molecular weight excluding hydrogens is 428 g/mol. The predicted molar refractivity (Wildman–Crippen MR) is 132 cm³/mol. The van der Waals surface area contributed by atoms with Gasteiger partial charge in [-0.1, -0.05) is 0 Å². The van der Waals surface area contributed by atoms with Crippen LogP contribution < -0.4 is 10.1 Å². The van der Waals surface area contributed by atoms with Gasteiger partial charge in [-0.25, -0.2) is 0 Å². The van der Waals surface area contributed by atoms with Crippen molar-refractivity contribution in [3.8, 4) is 5.75 Å². The number of ether oxygens (including phenoxy) is 1. The number of rotatable bonds is 3. The number of carbonyl (C=O) groups is 2. The normalized spacial score (nSPS) is 26.2. The predicted octanol–water partition coefficient (Wildman–Crippen LogP) is 4.19. The molecule has 178 valence electrons. The minimum atomic E-state index is -0.201. The molecule has 7 heteroatoms. The molecule has 34 heavy (non-hydrogen) atoms. The molecule has 1 aromatic heterocycles. The number of fused-ring (bicyclic) bond motifs is 2. The summed E-state index contributed by atoms with van der Waals surface area (Å²) >= 11 is 0. The number of benzene rings is 1. The van der Waals surface area contributed by atoms with Crippen molar-refractivity contribution in [1.82, 2.24) is 14.8 Å². The summed E-state index contributed by atoms with van der Waals surface area (Å²) in [7, 11) is 1.62. The smallest absolute Gasteiger partial charge is 0.257 e. The molecule has 4 heterocycles. The SMILES string of the molecule is COc1ccc2c(c1)NC(=O)/C2=C1/CCc2c1[nH]c(C)c2C(=O)N1CCC[C@@]1(C)N1CCCC1. The Morgan fingerprint density at radius 2 is 1.91 bits per heavy atom. The number of anilines is 1. The van der Waals surface area contributed by atoms with Crippen LogP contribution in [0.2, 0.25) is 0 Å². The number of nitrogens with one attached hydrogen (secondary N) is 2. The van der Waals surface area contributed by atoms with Gasteiger partial charge in [-0.05, 0) is 75.6 Å². The van der Waals surface area contributed by atoms with Crippen LogP contribution in [-0.2, 0) is 11.2 Å². The second-order valence-electron chi connectivity index (χ2n) is 10.2. The quantitative estimate of drug-likeness (QED) is 0.674. The number of nitrogens with zero attached hydrogens (tertiary/aromatic N) is 2. The summed E-state index contributed by atoms with van der Waals surface area (Å²) in [5, 5.41) is 2.99. The first-order chi connectivity index (χ1) is 16.4. The van der Waals surface area contributed by atoms with Crippen molar-refractivity contribution in [1.29, 1.82) is 0 Å². The first-order valence-corrected chi connectivity index (χ1v) is 12.4. The topological polar surface area (TPSA) is 77.7 Å². The number of methoxy groups -OCH3 is 1. The Balaban J connectivity index is 1.39. The Kier molecular flexibility index (Phi) is 4.88. The number of aryl methyl sites for hydroxylation is 1. The Bertz CT molecular complexity index is 1240. The summed E-state index contributed by atoms with van der Waals surface area (Å²) in [5.41, 5.74) is 6.92. The van der Waals surface area contributed by atoms with E-state index in [2.05, 4.69) is 27.0 Å². The lowest BCUT2D eigenvalue weighted by Gasteiger charge is -2.43. The van der Waals surface area contributed by atoms with E-state index in [1.165, 1.54) is 12.8 Å². The minimum absolute atomic E-state index is 0.0904. The Labute approximate surface area is 200 Å². The summed E-state index contributed by atoms with van der Waals surface area (Å²) < 4.78 is 5.32. The van der Waals surface area contributed by atoms with E-state index >= 15 is 0 Å². The molecule has 2 fully saturated rings. The van der Waals surface area contributed by atoms with Crippen LogP contribution in [0, 0.1) is 6.92 Å². The summed E-state index contributed by atoms with van der Waals surface area (Å²) in [6.45, 7) is 7.18. The molecule has 0 spiro atoms. The van der Waals surface area contributed by atoms with E-state index in [9.17, 15) is 9.59 Å². The zero-order valence-corrected chi connectivity index (χ0v) is 20.2. The van der Waals surface area contributed by atoms with Gasteiger partial charge in [0.1, 0.15) is 5.75 Å². The van der Waals surface area contributed by atoms with E-state index in [1.807, 2.05) is 25.1 Å². The molecule has 3 aliphatic heterocycles. The van der Waals surface area contributed by atoms with Crippen LogP contribution in [0.4, 0.5) is 5.69 Å². The maximum atomic E-state index is 14.0. The fourth-order valence-electron chi connectivity index (χ4n) is 6.61. The Morgan fingerprint density at radius 3 is 2.68 bits per heavy atom. The van der Waals surface area contributed by atoms with Crippen LogP contribution in [-0.4, -0.2) is 59.0 Å². The molecule has 2 N–H and O–H groups in total. The largest absolute Gasteiger partial charge is 0.497 e. The van der Waals surface area contributed by atoms with E-state index < -0.39 is 0 Å². The van der Waals surface area contributed by atoms with Gasteiger partial charge in [0.25, 0.3) is 11.8 Å². The van der Waals surface area contributed by atoms with E-state index in [0.29, 0.717) is 11.3 Å². The number of allylic oxidation sites excluding steroid dienone is 1. The number of hydrogen-bond acceptors (Lipinski definition) is 4. The minimum Gasteiger partial charge on any atom is -0.497 e. The summed E-state index contributed by atoms with van der Waals surface area (Å²) in [6.07, 6.45) is 6.01.